The third-order valence-electron chi connectivity index (χ3n) is 4.45. The number of hydrogen-bond acceptors (Lipinski definition) is 5. The van der Waals surface area contributed by atoms with Crippen molar-refractivity contribution in [2.45, 2.75) is 0 Å². The summed E-state index contributed by atoms with van der Waals surface area (Å²) in [6, 6.07) is 20.0. The van der Waals surface area contributed by atoms with Crippen molar-refractivity contribution in [1.29, 1.82) is 0 Å². The Labute approximate surface area is 174 Å². The minimum Gasteiger partial charge on any atom is -0.284 e. The van der Waals surface area contributed by atoms with E-state index in [-0.39, 0.29) is 0 Å². The standard InChI is InChI=1S/C21H19N3O4S2/c1-29(25,26)23-15-8-10-17-18-11-9-16(24-30(2,27)28)13-20(18)22-21(19(17)12-15)14-6-4-3-5-7-14/h3-13,23-24H,1-2H3. The number of benzene rings is 3. The fraction of sp³-hybridized carbons (Fsp3) is 0.0952. The van der Waals surface area contributed by atoms with Crippen molar-refractivity contribution in [2.24, 2.45) is 0 Å². The van der Waals surface area contributed by atoms with Crippen molar-refractivity contribution in [1.82, 2.24) is 4.98 Å². The van der Waals surface area contributed by atoms with Crippen LogP contribution in [0.15, 0.2) is 66.7 Å². The van der Waals surface area contributed by atoms with E-state index in [0.717, 1.165) is 34.2 Å². The van der Waals surface area contributed by atoms with E-state index in [4.69, 9.17) is 4.98 Å². The first-order valence-electron chi connectivity index (χ1n) is 8.98. The Kier molecular flexibility index (Phi) is 4.87. The quantitative estimate of drug-likeness (QED) is 0.458. The van der Waals surface area contributed by atoms with Gasteiger partial charge >= 0.3 is 0 Å². The van der Waals surface area contributed by atoms with Crippen molar-refractivity contribution < 1.29 is 16.8 Å². The molecule has 0 saturated heterocycles. The van der Waals surface area contributed by atoms with Crippen LogP contribution in [-0.4, -0.2) is 34.3 Å². The molecule has 7 nitrogen and oxygen atoms in total. The van der Waals surface area contributed by atoms with E-state index >= 15 is 0 Å². The van der Waals surface area contributed by atoms with Crippen LogP contribution in [0.3, 0.4) is 0 Å². The largest absolute Gasteiger partial charge is 0.284 e. The van der Waals surface area contributed by atoms with Crippen molar-refractivity contribution in [3.8, 4) is 11.3 Å². The first-order valence-corrected chi connectivity index (χ1v) is 12.8. The molecular weight excluding hydrogens is 422 g/mol. The lowest BCUT2D eigenvalue weighted by molar-refractivity contribution is 0.605. The molecule has 4 rings (SSSR count). The van der Waals surface area contributed by atoms with Gasteiger partial charge in [-0.2, -0.15) is 0 Å². The van der Waals surface area contributed by atoms with Gasteiger partial charge in [0.05, 0.1) is 29.4 Å². The summed E-state index contributed by atoms with van der Waals surface area (Å²) in [5.41, 5.74) is 3.03. The summed E-state index contributed by atoms with van der Waals surface area (Å²) in [4.78, 5) is 4.79. The summed E-state index contributed by atoms with van der Waals surface area (Å²) in [5, 5.41) is 2.49. The second-order valence-corrected chi connectivity index (χ2v) is 10.6. The first kappa shape index (κ1) is 20.1. The van der Waals surface area contributed by atoms with Crippen LogP contribution in [0.4, 0.5) is 11.4 Å². The maximum atomic E-state index is 11.7. The molecule has 0 radical (unpaired) electrons. The van der Waals surface area contributed by atoms with Crippen molar-refractivity contribution in [3.05, 3.63) is 66.7 Å². The van der Waals surface area contributed by atoms with E-state index in [2.05, 4.69) is 9.44 Å². The van der Waals surface area contributed by atoms with Crippen LogP contribution in [-0.2, 0) is 20.0 Å². The molecule has 0 spiro atoms. The van der Waals surface area contributed by atoms with E-state index in [1.165, 1.54) is 0 Å². The molecule has 1 aromatic heterocycles. The Balaban J connectivity index is 2.01. The van der Waals surface area contributed by atoms with Crippen LogP contribution in [0, 0.1) is 0 Å². The second kappa shape index (κ2) is 7.26. The van der Waals surface area contributed by atoms with E-state index in [1.54, 1.807) is 30.3 Å². The molecule has 3 aromatic carbocycles. The summed E-state index contributed by atoms with van der Waals surface area (Å²) in [6.07, 6.45) is 2.20. The Morgan fingerprint density at radius 2 is 1.23 bits per heavy atom. The predicted octanol–water partition coefficient (Wildman–Crippen LogP) is 3.80. The Hall–Kier alpha value is -3.17. The van der Waals surface area contributed by atoms with Gasteiger partial charge in [0.1, 0.15) is 0 Å². The van der Waals surface area contributed by atoms with E-state index in [1.807, 2.05) is 36.4 Å². The van der Waals surface area contributed by atoms with E-state index in [0.29, 0.717) is 22.6 Å². The lowest BCUT2D eigenvalue weighted by atomic mass is 9.99. The zero-order valence-electron chi connectivity index (χ0n) is 16.2. The van der Waals surface area contributed by atoms with E-state index in [9.17, 15) is 16.8 Å². The monoisotopic (exact) mass is 441 g/mol. The molecule has 0 bridgehead atoms. The number of sulfonamides is 2. The zero-order chi connectivity index (χ0) is 21.5. The number of hydrogen-bond donors (Lipinski definition) is 2. The van der Waals surface area contributed by atoms with Gasteiger partial charge in [0.2, 0.25) is 20.0 Å². The lowest BCUT2D eigenvalue weighted by Crippen LogP contribution is -2.09. The highest BCUT2D eigenvalue weighted by atomic mass is 32.2. The van der Waals surface area contributed by atoms with Crippen LogP contribution in [0.5, 0.6) is 0 Å². The van der Waals surface area contributed by atoms with Crippen molar-refractivity contribution >= 4 is 53.1 Å². The first-order chi connectivity index (χ1) is 14.1. The number of pyridine rings is 1. The molecule has 0 atom stereocenters. The highest BCUT2D eigenvalue weighted by molar-refractivity contribution is 7.92. The molecule has 1 heterocycles. The lowest BCUT2D eigenvalue weighted by Gasteiger charge is -2.13. The van der Waals surface area contributed by atoms with Gasteiger partial charge in [0, 0.05) is 22.0 Å². The number of aromatic nitrogens is 1. The Morgan fingerprint density at radius 3 is 1.83 bits per heavy atom. The maximum Gasteiger partial charge on any atom is 0.229 e. The van der Waals surface area contributed by atoms with Crippen LogP contribution in [0.2, 0.25) is 0 Å². The summed E-state index contributed by atoms with van der Waals surface area (Å²) in [6.45, 7) is 0. The van der Waals surface area contributed by atoms with Gasteiger partial charge in [-0.25, -0.2) is 21.8 Å². The summed E-state index contributed by atoms with van der Waals surface area (Å²) in [5.74, 6) is 0. The second-order valence-electron chi connectivity index (χ2n) is 7.07. The molecule has 30 heavy (non-hydrogen) atoms. The normalized spacial score (nSPS) is 12.2. The highest BCUT2D eigenvalue weighted by Gasteiger charge is 2.13. The highest BCUT2D eigenvalue weighted by Crippen LogP contribution is 2.35. The topological polar surface area (TPSA) is 105 Å². The van der Waals surface area contributed by atoms with Crippen LogP contribution in [0.1, 0.15) is 0 Å². The molecule has 9 heteroatoms. The molecule has 0 fully saturated rings. The SMILES string of the molecule is CS(=O)(=O)Nc1ccc2c(c1)nc(-c1ccccc1)c1cc(NS(C)(=O)=O)ccc12. The molecule has 0 aliphatic rings. The minimum atomic E-state index is -3.42. The number of anilines is 2. The molecule has 0 aliphatic carbocycles. The molecule has 0 saturated carbocycles. The third kappa shape index (κ3) is 4.37. The number of nitrogens with zero attached hydrogens (tertiary/aromatic N) is 1. The summed E-state index contributed by atoms with van der Waals surface area (Å²) in [7, 11) is -6.84. The van der Waals surface area contributed by atoms with Gasteiger partial charge in [-0.1, -0.05) is 42.5 Å². The fourth-order valence-corrected chi connectivity index (χ4v) is 4.49. The number of nitrogens with one attached hydrogen (secondary N) is 2. The Morgan fingerprint density at radius 1 is 0.667 bits per heavy atom. The summed E-state index contributed by atoms with van der Waals surface area (Å²) >= 11 is 0. The minimum absolute atomic E-state index is 0.422. The molecule has 0 amide bonds. The van der Waals surface area contributed by atoms with Gasteiger partial charge < -0.3 is 0 Å². The molecule has 0 unspecified atom stereocenters. The molecule has 2 N–H and O–H groups in total. The summed E-state index contributed by atoms with van der Waals surface area (Å²) < 4.78 is 51.5. The number of fused-ring (bicyclic) bond motifs is 3. The molecule has 4 aromatic rings. The van der Waals surface area contributed by atoms with E-state index < -0.39 is 20.0 Å². The average Bonchev–Trinajstić information content (AvgIpc) is 2.65. The maximum absolute atomic E-state index is 11.7. The van der Waals surface area contributed by atoms with Crippen LogP contribution in [0.25, 0.3) is 32.9 Å². The van der Waals surface area contributed by atoms with Crippen molar-refractivity contribution in [2.75, 3.05) is 22.0 Å². The third-order valence-corrected chi connectivity index (χ3v) is 5.66. The van der Waals surface area contributed by atoms with Crippen LogP contribution < -0.4 is 9.44 Å². The fourth-order valence-electron chi connectivity index (χ4n) is 3.38. The molecule has 154 valence electrons. The van der Waals surface area contributed by atoms with Crippen molar-refractivity contribution in [3.63, 3.8) is 0 Å². The van der Waals surface area contributed by atoms with Crippen LogP contribution >= 0.6 is 0 Å². The van der Waals surface area contributed by atoms with Gasteiger partial charge in [-0.05, 0) is 29.7 Å². The number of rotatable bonds is 5. The smallest absolute Gasteiger partial charge is 0.229 e. The molecular formula is C21H19N3O4S2. The predicted molar refractivity (Wildman–Crippen MR) is 122 cm³/mol. The Bertz CT molecular complexity index is 1480. The van der Waals surface area contributed by atoms with Gasteiger partial charge in [0.25, 0.3) is 0 Å². The van der Waals surface area contributed by atoms with Gasteiger partial charge in [-0.3, -0.25) is 9.44 Å². The van der Waals surface area contributed by atoms with Gasteiger partial charge in [0.15, 0.2) is 0 Å². The average molecular weight is 442 g/mol. The molecule has 0 aliphatic heterocycles. The zero-order valence-corrected chi connectivity index (χ0v) is 17.9. The van der Waals surface area contributed by atoms with Gasteiger partial charge in [-0.15, -0.1) is 0 Å².